The third kappa shape index (κ3) is 2.83. The van der Waals surface area contributed by atoms with E-state index in [2.05, 4.69) is 15.0 Å². The minimum Gasteiger partial charge on any atom is -0.396 e. The maximum atomic E-state index is 13.0. The predicted octanol–water partition coefficient (Wildman–Crippen LogP) is 2.81. The topological polar surface area (TPSA) is 61.8 Å². The average molecular weight is 283 g/mol. The van der Waals surface area contributed by atoms with Crippen LogP contribution in [0, 0.1) is 5.82 Å². The van der Waals surface area contributed by atoms with Crippen LogP contribution in [0.4, 0.5) is 4.39 Å². The first-order valence-corrected chi connectivity index (χ1v) is 6.64. The van der Waals surface area contributed by atoms with E-state index < -0.39 is 0 Å². The summed E-state index contributed by atoms with van der Waals surface area (Å²) in [6, 6.07) is 9.89. The number of aromatic nitrogens is 3. The van der Waals surface area contributed by atoms with Gasteiger partial charge >= 0.3 is 0 Å². The lowest BCUT2D eigenvalue weighted by Crippen LogP contribution is -1.94. The average Bonchev–Trinajstić information content (AvgIpc) is 2.93. The molecule has 1 aromatic carbocycles. The summed E-state index contributed by atoms with van der Waals surface area (Å²) in [6.07, 6.45) is 3.90. The first-order chi connectivity index (χ1) is 10.3. The van der Waals surface area contributed by atoms with E-state index in [0.717, 1.165) is 22.5 Å². The Morgan fingerprint density at radius 3 is 2.57 bits per heavy atom. The van der Waals surface area contributed by atoms with Crippen molar-refractivity contribution in [1.29, 1.82) is 0 Å². The SMILES string of the molecule is OCCc1[nH]c(-c2ccc(F)cc2)nc1-c1cccnc1. The first kappa shape index (κ1) is 13.5. The highest BCUT2D eigenvalue weighted by Gasteiger charge is 2.13. The number of nitrogens with zero attached hydrogens (tertiary/aromatic N) is 2. The largest absolute Gasteiger partial charge is 0.396 e. The van der Waals surface area contributed by atoms with Crippen LogP contribution >= 0.6 is 0 Å². The standard InChI is InChI=1S/C16H14FN3O/c17-13-5-3-11(4-6-13)16-19-14(7-9-21)15(20-16)12-2-1-8-18-10-12/h1-6,8,10,21H,7,9H2,(H,19,20). The van der Waals surface area contributed by atoms with Gasteiger partial charge in [-0.2, -0.15) is 0 Å². The quantitative estimate of drug-likeness (QED) is 0.774. The van der Waals surface area contributed by atoms with Gasteiger partial charge in [-0.05, 0) is 36.4 Å². The van der Waals surface area contributed by atoms with Crippen LogP contribution in [0.5, 0.6) is 0 Å². The van der Waals surface area contributed by atoms with Crippen molar-refractivity contribution >= 4 is 0 Å². The van der Waals surface area contributed by atoms with Crippen molar-refractivity contribution in [3.63, 3.8) is 0 Å². The van der Waals surface area contributed by atoms with Crippen molar-refractivity contribution < 1.29 is 9.50 Å². The molecule has 0 fully saturated rings. The van der Waals surface area contributed by atoms with Gasteiger partial charge in [0.05, 0.1) is 5.69 Å². The minimum absolute atomic E-state index is 0.0261. The molecule has 4 nitrogen and oxygen atoms in total. The third-order valence-electron chi connectivity index (χ3n) is 3.19. The lowest BCUT2D eigenvalue weighted by atomic mass is 10.1. The predicted molar refractivity (Wildman–Crippen MR) is 78.0 cm³/mol. The molecule has 0 spiro atoms. The molecule has 0 saturated heterocycles. The van der Waals surface area contributed by atoms with Crippen LogP contribution in [0.3, 0.4) is 0 Å². The summed E-state index contributed by atoms with van der Waals surface area (Å²) in [7, 11) is 0. The van der Waals surface area contributed by atoms with E-state index in [4.69, 9.17) is 0 Å². The molecule has 0 amide bonds. The highest BCUT2D eigenvalue weighted by Crippen LogP contribution is 2.26. The molecule has 3 aromatic rings. The summed E-state index contributed by atoms with van der Waals surface area (Å²) in [5.41, 5.74) is 3.28. The zero-order valence-electron chi connectivity index (χ0n) is 11.3. The fourth-order valence-corrected chi connectivity index (χ4v) is 2.19. The van der Waals surface area contributed by atoms with Gasteiger partial charge in [0, 0.05) is 42.2 Å². The number of hydrogen-bond donors (Lipinski definition) is 2. The fourth-order valence-electron chi connectivity index (χ4n) is 2.19. The van der Waals surface area contributed by atoms with Gasteiger partial charge in [-0.15, -0.1) is 0 Å². The number of rotatable bonds is 4. The van der Waals surface area contributed by atoms with Crippen molar-refractivity contribution in [1.82, 2.24) is 15.0 Å². The Morgan fingerprint density at radius 1 is 1.10 bits per heavy atom. The van der Waals surface area contributed by atoms with Crippen molar-refractivity contribution in [2.45, 2.75) is 6.42 Å². The van der Waals surface area contributed by atoms with Crippen LogP contribution in [0.25, 0.3) is 22.6 Å². The summed E-state index contributed by atoms with van der Waals surface area (Å²) in [5.74, 6) is 0.366. The zero-order valence-corrected chi connectivity index (χ0v) is 11.3. The van der Waals surface area contributed by atoms with Crippen LogP contribution in [0.1, 0.15) is 5.69 Å². The lowest BCUT2D eigenvalue weighted by molar-refractivity contribution is 0.298. The normalized spacial score (nSPS) is 10.8. The van der Waals surface area contributed by atoms with Gasteiger partial charge < -0.3 is 10.1 Å². The molecule has 3 rings (SSSR count). The number of H-pyrrole nitrogens is 1. The van der Waals surface area contributed by atoms with Crippen molar-refractivity contribution in [3.8, 4) is 22.6 Å². The molecule has 21 heavy (non-hydrogen) atoms. The van der Waals surface area contributed by atoms with Crippen LogP contribution in [-0.4, -0.2) is 26.7 Å². The molecule has 0 radical (unpaired) electrons. The molecular formula is C16H14FN3O. The number of aromatic amines is 1. The molecule has 0 unspecified atom stereocenters. The molecule has 2 heterocycles. The van der Waals surface area contributed by atoms with Crippen molar-refractivity contribution in [2.24, 2.45) is 0 Å². The molecule has 0 bridgehead atoms. The van der Waals surface area contributed by atoms with Crippen molar-refractivity contribution in [2.75, 3.05) is 6.61 Å². The number of aliphatic hydroxyl groups is 1. The van der Waals surface area contributed by atoms with E-state index >= 15 is 0 Å². The van der Waals surface area contributed by atoms with Gasteiger partial charge in [-0.25, -0.2) is 9.37 Å². The monoisotopic (exact) mass is 283 g/mol. The third-order valence-corrected chi connectivity index (χ3v) is 3.19. The summed E-state index contributed by atoms with van der Waals surface area (Å²) in [4.78, 5) is 11.9. The summed E-state index contributed by atoms with van der Waals surface area (Å²) >= 11 is 0. The minimum atomic E-state index is -0.284. The Kier molecular flexibility index (Phi) is 3.75. The Hall–Kier alpha value is -2.53. The van der Waals surface area contributed by atoms with Crippen LogP contribution in [-0.2, 0) is 6.42 Å². The highest BCUT2D eigenvalue weighted by atomic mass is 19.1. The number of halogens is 1. The Balaban J connectivity index is 2.06. The molecule has 2 aromatic heterocycles. The number of hydrogen-bond acceptors (Lipinski definition) is 3. The molecular weight excluding hydrogens is 269 g/mol. The molecule has 106 valence electrons. The smallest absolute Gasteiger partial charge is 0.138 e. The number of nitrogens with one attached hydrogen (secondary N) is 1. The van der Waals surface area contributed by atoms with E-state index in [0.29, 0.717) is 12.2 Å². The molecule has 0 aliphatic rings. The maximum Gasteiger partial charge on any atom is 0.138 e. The van der Waals surface area contributed by atoms with E-state index in [1.165, 1.54) is 12.1 Å². The molecule has 2 N–H and O–H groups in total. The van der Waals surface area contributed by atoms with Crippen LogP contribution < -0.4 is 0 Å². The van der Waals surface area contributed by atoms with Gasteiger partial charge in [-0.1, -0.05) is 0 Å². The van der Waals surface area contributed by atoms with E-state index in [-0.39, 0.29) is 12.4 Å². The summed E-state index contributed by atoms with van der Waals surface area (Å²) in [5, 5.41) is 9.19. The van der Waals surface area contributed by atoms with E-state index in [1.807, 2.05) is 12.1 Å². The Morgan fingerprint density at radius 2 is 1.90 bits per heavy atom. The van der Waals surface area contributed by atoms with Gasteiger partial charge in [0.25, 0.3) is 0 Å². The fraction of sp³-hybridized carbons (Fsp3) is 0.125. The first-order valence-electron chi connectivity index (χ1n) is 6.64. The van der Waals surface area contributed by atoms with Gasteiger partial charge in [0.1, 0.15) is 11.6 Å². The molecule has 0 aliphatic carbocycles. The number of aliphatic hydroxyl groups excluding tert-OH is 1. The maximum absolute atomic E-state index is 13.0. The summed E-state index contributed by atoms with van der Waals surface area (Å²) < 4.78 is 13.0. The lowest BCUT2D eigenvalue weighted by Gasteiger charge is -1.99. The van der Waals surface area contributed by atoms with Crippen LogP contribution in [0.2, 0.25) is 0 Å². The van der Waals surface area contributed by atoms with E-state index in [9.17, 15) is 9.50 Å². The second-order valence-electron chi connectivity index (χ2n) is 4.63. The second kappa shape index (κ2) is 5.85. The van der Waals surface area contributed by atoms with Gasteiger partial charge in [0.15, 0.2) is 0 Å². The molecule has 0 aliphatic heterocycles. The van der Waals surface area contributed by atoms with Crippen LogP contribution in [0.15, 0.2) is 48.8 Å². The van der Waals surface area contributed by atoms with E-state index in [1.54, 1.807) is 24.5 Å². The number of pyridine rings is 1. The Bertz CT molecular complexity index is 723. The zero-order chi connectivity index (χ0) is 14.7. The molecule has 5 heteroatoms. The second-order valence-corrected chi connectivity index (χ2v) is 4.63. The highest BCUT2D eigenvalue weighted by molar-refractivity contribution is 5.66. The molecule has 0 saturated carbocycles. The Labute approximate surface area is 121 Å². The number of imidazole rings is 1. The van der Waals surface area contributed by atoms with Crippen molar-refractivity contribution in [3.05, 3.63) is 60.3 Å². The number of benzene rings is 1. The van der Waals surface area contributed by atoms with Gasteiger partial charge in [-0.3, -0.25) is 4.98 Å². The summed E-state index contributed by atoms with van der Waals surface area (Å²) in [6.45, 7) is 0.0261. The molecule has 0 atom stereocenters. The van der Waals surface area contributed by atoms with Gasteiger partial charge in [0.2, 0.25) is 0 Å².